The minimum atomic E-state index is -3.75. The van der Waals surface area contributed by atoms with E-state index in [1.807, 2.05) is 26.0 Å². The molecule has 1 N–H and O–H groups in total. The maximum absolute atomic E-state index is 13.2. The van der Waals surface area contributed by atoms with Crippen molar-refractivity contribution >= 4 is 30.9 Å². The maximum atomic E-state index is 13.2. The zero-order valence-electron chi connectivity index (χ0n) is 18.9. The third kappa shape index (κ3) is 5.01. The van der Waals surface area contributed by atoms with Gasteiger partial charge in [-0.05, 0) is 74.4 Å². The summed E-state index contributed by atoms with van der Waals surface area (Å²) in [6.45, 7) is 4.44. The highest BCUT2D eigenvalue weighted by Gasteiger charge is 2.19. The highest BCUT2D eigenvalue weighted by Crippen LogP contribution is 2.24. The molecular weight excluding hydrogens is 472 g/mol. The zero-order valence-corrected chi connectivity index (χ0v) is 20.6. The standard InChI is InChI=1S/C25H26N2O5S2/c1-3-32-22-8-12-23(13-9-22)33(28,29)26-16-14-20-6-7-21-15-17-27(25(21)18-20)34(30,31)24-10-4-19(2)5-11-24/h4-13,15,17-18,26H,3,14,16H2,1-2H3. The molecule has 0 saturated heterocycles. The third-order valence-electron chi connectivity index (χ3n) is 5.45. The van der Waals surface area contributed by atoms with Crippen LogP contribution >= 0.6 is 0 Å². The van der Waals surface area contributed by atoms with Crippen LogP contribution in [-0.2, 0) is 26.5 Å². The van der Waals surface area contributed by atoms with Crippen molar-refractivity contribution in [1.29, 1.82) is 0 Å². The first kappa shape index (κ1) is 24.0. The van der Waals surface area contributed by atoms with Crippen LogP contribution in [0.25, 0.3) is 10.9 Å². The average molecular weight is 499 g/mol. The predicted molar refractivity (Wildman–Crippen MR) is 132 cm³/mol. The van der Waals surface area contributed by atoms with Crippen LogP contribution in [0, 0.1) is 6.92 Å². The van der Waals surface area contributed by atoms with E-state index in [9.17, 15) is 16.8 Å². The van der Waals surface area contributed by atoms with Crippen molar-refractivity contribution in [2.75, 3.05) is 13.2 Å². The second-order valence-corrected chi connectivity index (χ2v) is 11.5. The van der Waals surface area contributed by atoms with Crippen LogP contribution < -0.4 is 9.46 Å². The van der Waals surface area contributed by atoms with Crippen molar-refractivity contribution in [3.63, 3.8) is 0 Å². The van der Waals surface area contributed by atoms with E-state index in [2.05, 4.69) is 4.72 Å². The molecular formula is C25H26N2O5S2. The number of hydrogen-bond acceptors (Lipinski definition) is 5. The van der Waals surface area contributed by atoms with Gasteiger partial charge in [0.05, 0.1) is 21.9 Å². The van der Waals surface area contributed by atoms with Gasteiger partial charge in [-0.1, -0.05) is 29.8 Å². The van der Waals surface area contributed by atoms with Gasteiger partial charge in [0.25, 0.3) is 10.0 Å². The van der Waals surface area contributed by atoms with Crippen molar-refractivity contribution in [2.45, 2.75) is 30.1 Å². The van der Waals surface area contributed by atoms with Crippen molar-refractivity contribution in [2.24, 2.45) is 0 Å². The Balaban J connectivity index is 1.51. The summed E-state index contributed by atoms with van der Waals surface area (Å²) in [6.07, 6.45) is 1.94. The van der Waals surface area contributed by atoms with Crippen molar-refractivity contribution in [3.8, 4) is 5.75 Å². The topological polar surface area (TPSA) is 94.5 Å². The largest absolute Gasteiger partial charge is 0.494 e. The van der Waals surface area contributed by atoms with Crippen LogP contribution in [0.4, 0.5) is 0 Å². The van der Waals surface area contributed by atoms with Crippen molar-refractivity contribution < 1.29 is 21.6 Å². The summed E-state index contributed by atoms with van der Waals surface area (Å²) in [5.74, 6) is 0.610. The molecule has 0 saturated carbocycles. The minimum absolute atomic E-state index is 0.157. The first-order chi connectivity index (χ1) is 16.2. The second-order valence-electron chi connectivity index (χ2n) is 7.88. The van der Waals surface area contributed by atoms with Crippen molar-refractivity contribution in [3.05, 3.63) is 90.1 Å². The van der Waals surface area contributed by atoms with Gasteiger partial charge in [-0.15, -0.1) is 0 Å². The first-order valence-corrected chi connectivity index (χ1v) is 13.8. The Morgan fingerprint density at radius 3 is 2.21 bits per heavy atom. The average Bonchev–Trinajstić information content (AvgIpc) is 3.24. The molecule has 0 spiro atoms. The van der Waals surface area contributed by atoms with E-state index < -0.39 is 20.0 Å². The van der Waals surface area contributed by atoms with Gasteiger partial charge in [0.1, 0.15) is 5.75 Å². The van der Waals surface area contributed by atoms with E-state index >= 15 is 0 Å². The van der Waals surface area contributed by atoms with Gasteiger partial charge in [-0.25, -0.2) is 25.5 Å². The normalized spacial score (nSPS) is 12.2. The molecule has 0 aliphatic carbocycles. The SMILES string of the molecule is CCOc1ccc(S(=O)(=O)NCCc2ccc3ccn(S(=O)(=O)c4ccc(C)cc4)c3c2)cc1. The molecule has 9 heteroatoms. The number of aryl methyl sites for hydroxylation is 1. The van der Waals surface area contributed by atoms with Crippen LogP contribution in [0.15, 0.2) is 88.8 Å². The van der Waals surface area contributed by atoms with Gasteiger partial charge in [0, 0.05) is 18.1 Å². The van der Waals surface area contributed by atoms with Crippen molar-refractivity contribution in [1.82, 2.24) is 8.69 Å². The molecule has 34 heavy (non-hydrogen) atoms. The van der Waals surface area contributed by atoms with E-state index in [0.29, 0.717) is 24.3 Å². The smallest absolute Gasteiger partial charge is 0.268 e. The number of hydrogen-bond donors (Lipinski definition) is 1. The van der Waals surface area contributed by atoms with E-state index in [-0.39, 0.29) is 16.3 Å². The van der Waals surface area contributed by atoms with E-state index in [1.54, 1.807) is 48.5 Å². The van der Waals surface area contributed by atoms with E-state index in [0.717, 1.165) is 16.5 Å². The summed E-state index contributed by atoms with van der Waals surface area (Å²) in [5.41, 5.74) is 2.35. The molecule has 4 rings (SSSR count). The third-order valence-corrected chi connectivity index (χ3v) is 8.63. The summed E-state index contributed by atoms with van der Waals surface area (Å²) >= 11 is 0. The van der Waals surface area contributed by atoms with Gasteiger partial charge in [-0.3, -0.25) is 0 Å². The fourth-order valence-electron chi connectivity index (χ4n) is 3.63. The Hall–Kier alpha value is -3.14. The van der Waals surface area contributed by atoms with Crippen LogP contribution in [0.5, 0.6) is 5.75 Å². The Morgan fingerprint density at radius 1 is 0.853 bits per heavy atom. The monoisotopic (exact) mass is 498 g/mol. The fraction of sp³-hybridized carbons (Fsp3) is 0.200. The fourth-order valence-corrected chi connectivity index (χ4v) is 6.01. The van der Waals surface area contributed by atoms with Gasteiger partial charge >= 0.3 is 0 Å². The first-order valence-electron chi connectivity index (χ1n) is 10.9. The Kier molecular flexibility index (Phi) is 6.79. The number of ether oxygens (including phenoxy) is 1. The quantitative estimate of drug-likeness (QED) is 0.375. The molecule has 0 aliphatic heterocycles. The molecule has 7 nitrogen and oxygen atoms in total. The molecule has 0 amide bonds. The second kappa shape index (κ2) is 9.61. The molecule has 3 aromatic carbocycles. The Labute approximate surface area is 200 Å². The summed E-state index contributed by atoms with van der Waals surface area (Å²) in [6, 6.07) is 20.2. The highest BCUT2D eigenvalue weighted by atomic mass is 32.2. The van der Waals surface area contributed by atoms with E-state index in [1.165, 1.54) is 22.3 Å². The summed E-state index contributed by atoms with van der Waals surface area (Å²) in [4.78, 5) is 0.369. The van der Waals surface area contributed by atoms with Crippen LogP contribution in [0.3, 0.4) is 0 Å². The van der Waals surface area contributed by atoms with Crippen LogP contribution in [0.1, 0.15) is 18.1 Å². The maximum Gasteiger partial charge on any atom is 0.268 e. The number of nitrogens with zero attached hydrogens (tertiary/aromatic N) is 1. The summed E-state index contributed by atoms with van der Waals surface area (Å²) in [5, 5.41) is 0.786. The van der Waals surface area contributed by atoms with E-state index in [4.69, 9.17) is 4.74 Å². The highest BCUT2D eigenvalue weighted by molar-refractivity contribution is 7.90. The van der Waals surface area contributed by atoms with Gasteiger partial charge in [0.15, 0.2) is 0 Å². The molecule has 0 atom stereocenters. The van der Waals surface area contributed by atoms with Gasteiger partial charge in [0.2, 0.25) is 10.0 Å². The minimum Gasteiger partial charge on any atom is -0.494 e. The number of fused-ring (bicyclic) bond motifs is 1. The lowest BCUT2D eigenvalue weighted by Gasteiger charge is -2.10. The molecule has 0 fully saturated rings. The van der Waals surface area contributed by atoms with Gasteiger partial charge in [-0.2, -0.15) is 0 Å². The molecule has 4 aromatic rings. The number of benzene rings is 3. The predicted octanol–water partition coefficient (Wildman–Crippen LogP) is 4.11. The number of sulfonamides is 1. The molecule has 1 aromatic heterocycles. The molecule has 0 aliphatic rings. The molecule has 0 unspecified atom stereocenters. The Morgan fingerprint density at radius 2 is 1.53 bits per heavy atom. The van der Waals surface area contributed by atoms with Crippen LogP contribution in [-0.4, -0.2) is 34.0 Å². The molecule has 178 valence electrons. The Bertz CT molecular complexity index is 1510. The van der Waals surface area contributed by atoms with Crippen LogP contribution in [0.2, 0.25) is 0 Å². The number of rotatable bonds is 9. The zero-order chi connectivity index (χ0) is 24.3. The number of nitrogens with one attached hydrogen (secondary N) is 1. The molecule has 1 heterocycles. The van der Waals surface area contributed by atoms with Gasteiger partial charge < -0.3 is 4.74 Å². The summed E-state index contributed by atoms with van der Waals surface area (Å²) < 4.78 is 60.7. The summed E-state index contributed by atoms with van der Waals surface area (Å²) in [7, 11) is -7.42. The number of aromatic nitrogens is 1. The molecule has 0 bridgehead atoms. The lowest BCUT2D eigenvalue weighted by molar-refractivity contribution is 0.340. The lowest BCUT2D eigenvalue weighted by atomic mass is 10.1. The lowest BCUT2D eigenvalue weighted by Crippen LogP contribution is -2.26. The molecule has 0 radical (unpaired) electrons.